The van der Waals surface area contributed by atoms with E-state index in [0.717, 1.165) is 5.56 Å². The number of amides is 2. The van der Waals surface area contributed by atoms with E-state index in [1.54, 1.807) is 47.4 Å². The third-order valence-corrected chi connectivity index (χ3v) is 4.39. The second-order valence-corrected chi connectivity index (χ2v) is 6.75. The maximum Gasteiger partial charge on any atom is 0.322 e. The summed E-state index contributed by atoms with van der Waals surface area (Å²) in [5.74, 6) is 0. The zero-order valence-electron chi connectivity index (χ0n) is 12.6. The van der Waals surface area contributed by atoms with Crippen molar-refractivity contribution >= 4 is 46.5 Å². The number of rotatable bonds is 2. The molecule has 2 aromatic rings. The number of carbonyl (C=O) groups excluding carboxylic acids is 1. The fourth-order valence-electron chi connectivity index (χ4n) is 2.53. The number of carbonyl (C=O) groups is 1. The first-order chi connectivity index (χ1) is 11.5. The van der Waals surface area contributed by atoms with Gasteiger partial charge in [0.15, 0.2) is 0 Å². The quantitative estimate of drug-likeness (QED) is 0.767. The largest absolute Gasteiger partial charge is 0.370 e. The number of morpholine rings is 1. The van der Waals surface area contributed by atoms with E-state index in [1.165, 1.54) is 0 Å². The monoisotopic (exact) mass is 384 g/mol. The number of halogens is 3. The summed E-state index contributed by atoms with van der Waals surface area (Å²) in [5, 5.41) is 4.57. The number of urea groups is 1. The van der Waals surface area contributed by atoms with Gasteiger partial charge in [0.1, 0.15) is 6.10 Å². The van der Waals surface area contributed by atoms with Crippen molar-refractivity contribution in [3.05, 3.63) is 63.1 Å². The molecule has 1 aliphatic heterocycles. The van der Waals surface area contributed by atoms with Crippen LogP contribution in [0, 0.1) is 0 Å². The van der Waals surface area contributed by atoms with E-state index in [1.807, 2.05) is 0 Å². The summed E-state index contributed by atoms with van der Waals surface area (Å²) in [5.41, 5.74) is 1.55. The van der Waals surface area contributed by atoms with E-state index in [2.05, 4.69) is 5.32 Å². The highest BCUT2D eigenvalue weighted by Gasteiger charge is 2.26. The molecule has 1 unspecified atom stereocenters. The van der Waals surface area contributed by atoms with Crippen LogP contribution in [0.2, 0.25) is 15.1 Å². The average Bonchev–Trinajstić information content (AvgIpc) is 2.56. The van der Waals surface area contributed by atoms with Crippen molar-refractivity contribution in [3.8, 4) is 0 Å². The lowest BCUT2D eigenvalue weighted by Crippen LogP contribution is -2.44. The van der Waals surface area contributed by atoms with Gasteiger partial charge in [0.25, 0.3) is 0 Å². The number of ether oxygens (including phenoxy) is 1. The molecule has 7 heteroatoms. The van der Waals surface area contributed by atoms with Crippen LogP contribution in [-0.4, -0.2) is 30.6 Å². The van der Waals surface area contributed by atoms with Crippen LogP contribution in [0.1, 0.15) is 11.7 Å². The molecule has 0 radical (unpaired) electrons. The zero-order chi connectivity index (χ0) is 17.1. The van der Waals surface area contributed by atoms with Crippen molar-refractivity contribution in [2.24, 2.45) is 0 Å². The van der Waals surface area contributed by atoms with Crippen LogP contribution in [0.4, 0.5) is 10.5 Å². The van der Waals surface area contributed by atoms with Crippen LogP contribution in [0.15, 0.2) is 42.5 Å². The molecule has 1 atom stereocenters. The minimum atomic E-state index is -0.258. The second kappa shape index (κ2) is 7.62. The first-order valence-corrected chi connectivity index (χ1v) is 8.54. The molecule has 0 saturated carbocycles. The number of anilines is 1. The fourth-order valence-corrected chi connectivity index (χ4v) is 3.20. The van der Waals surface area contributed by atoms with Gasteiger partial charge in [0.2, 0.25) is 0 Å². The standard InChI is InChI=1S/C17H15Cl3N2O2/c18-12-1-3-15(4-2-12)21-17(23)22-5-6-24-16(10-22)11-7-13(19)9-14(20)8-11/h1-4,7-9,16H,5-6,10H2,(H,21,23). The van der Waals surface area contributed by atoms with Crippen molar-refractivity contribution in [1.82, 2.24) is 4.90 Å². The highest BCUT2D eigenvalue weighted by molar-refractivity contribution is 6.34. The van der Waals surface area contributed by atoms with E-state index in [4.69, 9.17) is 39.5 Å². The Labute approximate surface area is 155 Å². The molecule has 1 aliphatic rings. The van der Waals surface area contributed by atoms with Gasteiger partial charge in [-0.15, -0.1) is 0 Å². The van der Waals surface area contributed by atoms with E-state index in [-0.39, 0.29) is 12.1 Å². The third kappa shape index (κ3) is 4.33. The Hall–Kier alpha value is -1.46. The predicted octanol–water partition coefficient (Wildman–Crippen LogP) is 5.25. The number of hydrogen-bond donors (Lipinski definition) is 1. The van der Waals surface area contributed by atoms with Crippen molar-refractivity contribution in [1.29, 1.82) is 0 Å². The molecule has 0 bridgehead atoms. The zero-order valence-corrected chi connectivity index (χ0v) is 14.9. The first-order valence-electron chi connectivity index (χ1n) is 7.40. The Bertz CT molecular complexity index is 717. The Morgan fingerprint density at radius 3 is 2.38 bits per heavy atom. The van der Waals surface area contributed by atoms with Crippen molar-refractivity contribution in [3.63, 3.8) is 0 Å². The lowest BCUT2D eigenvalue weighted by Gasteiger charge is -2.33. The molecular formula is C17H15Cl3N2O2. The van der Waals surface area contributed by atoms with Crippen LogP contribution in [0.25, 0.3) is 0 Å². The normalized spacial score (nSPS) is 17.6. The minimum Gasteiger partial charge on any atom is -0.370 e. The molecule has 1 saturated heterocycles. The van der Waals surface area contributed by atoms with Crippen molar-refractivity contribution in [2.45, 2.75) is 6.10 Å². The fraction of sp³-hybridized carbons (Fsp3) is 0.235. The van der Waals surface area contributed by atoms with Crippen molar-refractivity contribution < 1.29 is 9.53 Å². The average molecular weight is 386 g/mol. The Morgan fingerprint density at radius 1 is 1.04 bits per heavy atom. The van der Waals surface area contributed by atoms with Gasteiger partial charge in [-0.25, -0.2) is 4.79 Å². The number of nitrogens with one attached hydrogen (secondary N) is 1. The van der Waals surface area contributed by atoms with Gasteiger partial charge in [-0.2, -0.15) is 0 Å². The molecular weight excluding hydrogens is 371 g/mol. The van der Waals surface area contributed by atoms with Crippen molar-refractivity contribution in [2.75, 3.05) is 25.0 Å². The summed E-state index contributed by atoms with van der Waals surface area (Å²) in [6.07, 6.45) is -0.258. The lowest BCUT2D eigenvalue weighted by atomic mass is 10.1. The van der Waals surface area contributed by atoms with Crippen LogP contribution in [-0.2, 0) is 4.74 Å². The molecule has 2 amide bonds. The van der Waals surface area contributed by atoms with E-state index < -0.39 is 0 Å². The van der Waals surface area contributed by atoms with Crippen LogP contribution >= 0.6 is 34.8 Å². The molecule has 4 nitrogen and oxygen atoms in total. The van der Waals surface area contributed by atoms with Gasteiger partial charge in [0.05, 0.1) is 13.2 Å². The summed E-state index contributed by atoms with van der Waals surface area (Å²) in [7, 11) is 0. The SMILES string of the molecule is O=C(Nc1ccc(Cl)cc1)N1CCOC(c2cc(Cl)cc(Cl)c2)C1. The Balaban J connectivity index is 1.68. The Morgan fingerprint density at radius 2 is 1.71 bits per heavy atom. The Kier molecular flexibility index (Phi) is 5.51. The third-order valence-electron chi connectivity index (χ3n) is 3.71. The van der Waals surface area contributed by atoms with Gasteiger partial charge in [-0.05, 0) is 48.0 Å². The molecule has 24 heavy (non-hydrogen) atoms. The maximum absolute atomic E-state index is 12.4. The minimum absolute atomic E-state index is 0.182. The molecule has 2 aromatic carbocycles. The molecule has 0 aliphatic carbocycles. The highest BCUT2D eigenvalue weighted by atomic mass is 35.5. The molecule has 1 N–H and O–H groups in total. The molecule has 1 heterocycles. The van der Waals surface area contributed by atoms with E-state index in [9.17, 15) is 4.79 Å². The van der Waals surface area contributed by atoms with Crippen LogP contribution < -0.4 is 5.32 Å². The van der Waals surface area contributed by atoms with Gasteiger partial charge in [-0.3, -0.25) is 0 Å². The molecule has 1 fully saturated rings. The van der Waals surface area contributed by atoms with Gasteiger partial charge >= 0.3 is 6.03 Å². The second-order valence-electron chi connectivity index (χ2n) is 5.45. The van der Waals surface area contributed by atoms with Gasteiger partial charge in [0, 0.05) is 27.3 Å². The maximum atomic E-state index is 12.4. The van der Waals surface area contributed by atoms with Crippen LogP contribution in [0.5, 0.6) is 0 Å². The molecule has 126 valence electrons. The molecule has 0 aromatic heterocycles. The van der Waals surface area contributed by atoms with Gasteiger partial charge < -0.3 is 15.0 Å². The van der Waals surface area contributed by atoms with Gasteiger partial charge in [-0.1, -0.05) is 34.8 Å². The number of benzene rings is 2. The summed E-state index contributed by atoms with van der Waals surface area (Å²) in [6.45, 7) is 1.39. The predicted molar refractivity (Wildman–Crippen MR) is 97.2 cm³/mol. The highest BCUT2D eigenvalue weighted by Crippen LogP contribution is 2.28. The summed E-state index contributed by atoms with van der Waals surface area (Å²) < 4.78 is 5.76. The smallest absolute Gasteiger partial charge is 0.322 e. The van der Waals surface area contributed by atoms with E-state index in [0.29, 0.717) is 40.5 Å². The summed E-state index contributed by atoms with van der Waals surface area (Å²) in [4.78, 5) is 14.1. The van der Waals surface area contributed by atoms with Crippen LogP contribution in [0.3, 0.4) is 0 Å². The number of nitrogens with zero attached hydrogens (tertiary/aromatic N) is 1. The number of hydrogen-bond acceptors (Lipinski definition) is 2. The topological polar surface area (TPSA) is 41.6 Å². The molecule has 3 rings (SSSR count). The van der Waals surface area contributed by atoms with E-state index >= 15 is 0 Å². The summed E-state index contributed by atoms with van der Waals surface area (Å²) >= 11 is 17.9. The lowest BCUT2D eigenvalue weighted by molar-refractivity contribution is -0.0134. The first kappa shape index (κ1) is 17.4. The molecule has 0 spiro atoms. The summed E-state index contributed by atoms with van der Waals surface area (Å²) in [6, 6.07) is 12.1.